The van der Waals surface area contributed by atoms with Gasteiger partial charge in [-0.25, -0.2) is 9.97 Å². The fraction of sp³-hybridized carbons (Fsp3) is 0.250. The average Bonchev–Trinajstić information content (AvgIpc) is 3.24. The molecule has 148 valence electrons. The van der Waals surface area contributed by atoms with Crippen molar-refractivity contribution in [2.45, 2.75) is 20.0 Å². The molecule has 1 aromatic carbocycles. The van der Waals surface area contributed by atoms with Crippen molar-refractivity contribution < 1.29 is 4.74 Å². The Morgan fingerprint density at radius 1 is 1.18 bits per heavy atom. The fourth-order valence-electron chi connectivity index (χ4n) is 2.65. The van der Waals surface area contributed by atoms with Gasteiger partial charge < -0.3 is 15.4 Å². The van der Waals surface area contributed by atoms with Crippen LogP contribution in [0.1, 0.15) is 16.7 Å². The lowest BCUT2D eigenvalue weighted by molar-refractivity contribution is 0.408. The molecule has 0 fully saturated rings. The number of benzene rings is 1. The molecule has 0 saturated carbocycles. The maximum atomic E-state index is 5.45. The van der Waals surface area contributed by atoms with Gasteiger partial charge in [0.2, 0.25) is 0 Å². The maximum Gasteiger partial charge on any atom is 0.191 e. The Bertz CT molecular complexity index is 894. The summed E-state index contributed by atoms with van der Waals surface area (Å²) in [7, 11) is 3.44. The molecule has 0 radical (unpaired) electrons. The van der Waals surface area contributed by atoms with E-state index in [1.807, 2.05) is 42.1 Å². The first-order valence-electron chi connectivity index (χ1n) is 8.71. The molecule has 0 atom stereocenters. The highest BCUT2D eigenvalue weighted by Crippen LogP contribution is 2.19. The number of aromatic nitrogens is 3. The molecule has 0 saturated heterocycles. The molecule has 0 aliphatic carbocycles. The van der Waals surface area contributed by atoms with Crippen LogP contribution in [-0.4, -0.2) is 34.7 Å². The maximum absolute atomic E-state index is 5.45. The van der Waals surface area contributed by atoms with E-state index in [1.165, 1.54) is 5.56 Å². The van der Waals surface area contributed by atoms with Crippen LogP contribution in [0.2, 0.25) is 0 Å². The van der Waals surface area contributed by atoms with Gasteiger partial charge in [0.1, 0.15) is 17.9 Å². The molecule has 7 nitrogen and oxygen atoms in total. The van der Waals surface area contributed by atoms with Crippen molar-refractivity contribution in [3.05, 3.63) is 71.9 Å². The van der Waals surface area contributed by atoms with Gasteiger partial charge in [-0.05, 0) is 30.2 Å². The van der Waals surface area contributed by atoms with Crippen LogP contribution < -0.4 is 15.4 Å². The summed E-state index contributed by atoms with van der Waals surface area (Å²) in [4.78, 5) is 12.8. The molecule has 0 amide bonds. The van der Waals surface area contributed by atoms with Crippen LogP contribution in [-0.2, 0) is 13.1 Å². The third kappa shape index (κ3) is 5.69. The monoisotopic (exact) mass is 492 g/mol. The van der Waals surface area contributed by atoms with E-state index >= 15 is 0 Å². The van der Waals surface area contributed by atoms with E-state index in [1.54, 1.807) is 26.7 Å². The van der Waals surface area contributed by atoms with E-state index in [2.05, 4.69) is 37.7 Å². The predicted molar refractivity (Wildman–Crippen MR) is 122 cm³/mol. The highest BCUT2D eigenvalue weighted by atomic mass is 127. The lowest BCUT2D eigenvalue weighted by Crippen LogP contribution is -2.36. The first-order chi connectivity index (χ1) is 13.2. The van der Waals surface area contributed by atoms with Crippen molar-refractivity contribution in [2.75, 3.05) is 14.2 Å². The summed E-state index contributed by atoms with van der Waals surface area (Å²) in [6.07, 6.45) is 7.17. The zero-order valence-electron chi connectivity index (χ0n) is 16.2. The standard InChI is InChI=1S/C20H24N6O.HI/c1-15-4-6-17(18(10-15)27-3)13-25-20(21-2)24-12-16-5-7-19(23-11-16)26-9-8-22-14-26;/h4-11,14H,12-13H2,1-3H3,(H2,21,24,25);1H. The summed E-state index contributed by atoms with van der Waals surface area (Å²) in [5.41, 5.74) is 3.32. The highest BCUT2D eigenvalue weighted by molar-refractivity contribution is 14.0. The highest BCUT2D eigenvalue weighted by Gasteiger charge is 2.05. The number of aliphatic imine (C=N–C) groups is 1. The second-order valence-electron chi connectivity index (χ2n) is 6.09. The molecule has 2 aromatic heterocycles. The van der Waals surface area contributed by atoms with Crippen molar-refractivity contribution in [1.29, 1.82) is 0 Å². The summed E-state index contributed by atoms with van der Waals surface area (Å²) in [6, 6.07) is 10.2. The molecule has 0 bridgehead atoms. The van der Waals surface area contributed by atoms with Gasteiger partial charge in [0, 0.05) is 44.3 Å². The third-order valence-corrected chi connectivity index (χ3v) is 4.15. The smallest absolute Gasteiger partial charge is 0.191 e. The molecule has 0 spiro atoms. The SMILES string of the molecule is CN=C(NCc1ccc(-n2ccnc2)nc1)NCc1ccc(C)cc1OC.I. The summed E-state index contributed by atoms with van der Waals surface area (Å²) in [5, 5.41) is 6.61. The number of pyridine rings is 1. The number of aryl methyl sites for hydroxylation is 1. The molecule has 8 heteroatoms. The van der Waals surface area contributed by atoms with Gasteiger partial charge in [-0.3, -0.25) is 9.56 Å². The average molecular weight is 492 g/mol. The van der Waals surface area contributed by atoms with E-state index in [0.717, 1.165) is 28.7 Å². The van der Waals surface area contributed by atoms with Crippen molar-refractivity contribution in [2.24, 2.45) is 4.99 Å². The number of ether oxygens (including phenoxy) is 1. The zero-order valence-corrected chi connectivity index (χ0v) is 18.5. The second-order valence-corrected chi connectivity index (χ2v) is 6.09. The van der Waals surface area contributed by atoms with Crippen LogP contribution in [0.25, 0.3) is 5.82 Å². The van der Waals surface area contributed by atoms with Crippen LogP contribution in [0.4, 0.5) is 0 Å². The van der Waals surface area contributed by atoms with Gasteiger partial charge in [-0.2, -0.15) is 0 Å². The molecular weight excluding hydrogens is 467 g/mol. The first-order valence-corrected chi connectivity index (χ1v) is 8.71. The molecule has 3 rings (SSSR count). The number of imidazole rings is 1. The number of nitrogens with zero attached hydrogens (tertiary/aromatic N) is 4. The van der Waals surface area contributed by atoms with Crippen LogP contribution in [0, 0.1) is 6.92 Å². The van der Waals surface area contributed by atoms with Gasteiger partial charge in [0.05, 0.1) is 7.11 Å². The van der Waals surface area contributed by atoms with E-state index in [-0.39, 0.29) is 24.0 Å². The fourth-order valence-corrected chi connectivity index (χ4v) is 2.65. The minimum Gasteiger partial charge on any atom is -0.496 e. The van der Waals surface area contributed by atoms with Gasteiger partial charge in [-0.15, -0.1) is 24.0 Å². The lowest BCUT2D eigenvalue weighted by Gasteiger charge is -2.14. The van der Waals surface area contributed by atoms with Gasteiger partial charge >= 0.3 is 0 Å². The van der Waals surface area contributed by atoms with Gasteiger partial charge in [0.25, 0.3) is 0 Å². The number of hydrogen-bond acceptors (Lipinski definition) is 4. The minimum atomic E-state index is 0. The van der Waals surface area contributed by atoms with Crippen LogP contribution in [0.3, 0.4) is 0 Å². The number of rotatable bonds is 6. The number of hydrogen-bond donors (Lipinski definition) is 2. The van der Waals surface area contributed by atoms with Crippen molar-refractivity contribution >= 4 is 29.9 Å². The Balaban J connectivity index is 0.00000280. The number of methoxy groups -OCH3 is 1. The van der Waals surface area contributed by atoms with Crippen molar-refractivity contribution in [1.82, 2.24) is 25.2 Å². The van der Waals surface area contributed by atoms with Crippen LogP contribution in [0.15, 0.2) is 60.2 Å². The van der Waals surface area contributed by atoms with Gasteiger partial charge in [0.15, 0.2) is 5.96 Å². The molecule has 2 heterocycles. The van der Waals surface area contributed by atoms with E-state index in [4.69, 9.17) is 4.74 Å². The summed E-state index contributed by atoms with van der Waals surface area (Å²) in [6.45, 7) is 3.30. The number of guanidine groups is 1. The molecular formula is C20H25IN6O. The quantitative estimate of drug-likeness (QED) is 0.314. The number of nitrogens with one attached hydrogen (secondary N) is 2. The Labute approximate surface area is 182 Å². The van der Waals surface area contributed by atoms with Crippen molar-refractivity contribution in [3.63, 3.8) is 0 Å². The Hall–Kier alpha value is -2.62. The second kappa shape index (κ2) is 10.6. The molecule has 0 aliphatic heterocycles. The Kier molecular flexibility index (Phi) is 8.24. The van der Waals surface area contributed by atoms with Crippen LogP contribution >= 0.6 is 24.0 Å². The molecule has 0 unspecified atom stereocenters. The Morgan fingerprint density at radius 2 is 2.00 bits per heavy atom. The predicted octanol–water partition coefficient (Wildman–Crippen LogP) is 3.07. The first kappa shape index (κ1) is 21.7. The third-order valence-electron chi connectivity index (χ3n) is 4.15. The summed E-state index contributed by atoms with van der Waals surface area (Å²) in [5.74, 6) is 2.43. The van der Waals surface area contributed by atoms with E-state index in [0.29, 0.717) is 13.1 Å². The van der Waals surface area contributed by atoms with Gasteiger partial charge in [-0.1, -0.05) is 18.2 Å². The number of halogens is 1. The Morgan fingerprint density at radius 3 is 2.64 bits per heavy atom. The van der Waals surface area contributed by atoms with Crippen LogP contribution in [0.5, 0.6) is 5.75 Å². The molecule has 3 aromatic rings. The largest absolute Gasteiger partial charge is 0.496 e. The molecule has 2 N–H and O–H groups in total. The summed E-state index contributed by atoms with van der Waals surface area (Å²) >= 11 is 0. The van der Waals surface area contributed by atoms with Crippen molar-refractivity contribution in [3.8, 4) is 11.6 Å². The minimum absolute atomic E-state index is 0. The molecule has 0 aliphatic rings. The zero-order chi connectivity index (χ0) is 19.1. The van der Waals surface area contributed by atoms with E-state index < -0.39 is 0 Å². The topological polar surface area (TPSA) is 76.4 Å². The summed E-state index contributed by atoms with van der Waals surface area (Å²) < 4.78 is 7.32. The van der Waals surface area contributed by atoms with E-state index in [9.17, 15) is 0 Å². The molecule has 28 heavy (non-hydrogen) atoms. The lowest BCUT2D eigenvalue weighted by atomic mass is 10.1. The normalized spacial score (nSPS) is 10.9.